The van der Waals surface area contributed by atoms with Gasteiger partial charge in [-0.2, -0.15) is 5.10 Å². The Morgan fingerprint density at radius 3 is 2.58 bits per heavy atom. The van der Waals surface area contributed by atoms with Gasteiger partial charge in [-0.15, -0.1) is 0 Å². The molecule has 0 aliphatic carbocycles. The lowest BCUT2D eigenvalue weighted by atomic mass is 10.2. The fourth-order valence-electron chi connectivity index (χ4n) is 1.60. The summed E-state index contributed by atoms with van der Waals surface area (Å²) in [7, 11) is -3.46. The van der Waals surface area contributed by atoms with E-state index < -0.39 is 10.0 Å². The zero-order valence-electron chi connectivity index (χ0n) is 10.6. The van der Waals surface area contributed by atoms with Crippen LogP contribution in [0.4, 0.5) is 5.69 Å². The van der Waals surface area contributed by atoms with E-state index in [0.29, 0.717) is 12.2 Å². The molecule has 0 saturated carbocycles. The average Bonchev–Trinajstić information content (AvgIpc) is 2.75. The van der Waals surface area contributed by atoms with Crippen LogP contribution in [0.1, 0.15) is 5.56 Å². The van der Waals surface area contributed by atoms with Crippen molar-refractivity contribution < 1.29 is 8.42 Å². The predicted octanol–water partition coefficient (Wildman–Crippen LogP) is 0.752. The van der Waals surface area contributed by atoms with Crippen molar-refractivity contribution in [2.24, 2.45) is 0 Å². The van der Waals surface area contributed by atoms with Crippen molar-refractivity contribution in [2.45, 2.75) is 18.4 Å². The highest BCUT2D eigenvalue weighted by Crippen LogP contribution is 2.09. The van der Waals surface area contributed by atoms with Crippen LogP contribution in [0.5, 0.6) is 0 Å². The van der Waals surface area contributed by atoms with Gasteiger partial charge in [0.05, 0.1) is 23.3 Å². The van der Waals surface area contributed by atoms with Crippen molar-refractivity contribution in [2.75, 3.05) is 12.3 Å². The Morgan fingerprint density at radius 2 is 2.00 bits per heavy atom. The number of nitrogen functional groups attached to an aromatic ring is 1. The number of hydrogen-bond donors (Lipinski definition) is 2. The molecular formula is C12H16N4O2S. The molecule has 3 N–H and O–H groups in total. The van der Waals surface area contributed by atoms with Crippen LogP contribution in [-0.2, 0) is 16.6 Å². The first-order chi connectivity index (χ1) is 8.97. The van der Waals surface area contributed by atoms with Gasteiger partial charge in [0.15, 0.2) is 0 Å². The van der Waals surface area contributed by atoms with Crippen LogP contribution in [0.2, 0.25) is 0 Å². The van der Waals surface area contributed by atoms with Gasteiger partial charge in [0, 0.05) is 12.7 Å². The molecule has 0 amide bonds. The standard InChI is InChI=1S/C12H16N4O2S/c1-10-2-4-12(5-3-10)19(17,18)15-6-7-16-9-11(13)8-14-16/h2-5,8-9,15H,6-7,13H2,1H3. The third kappa shape index (κ3) is 3.55. The van der Waals surface area contributed by atoms with Gasteiger partial charge in [0.25, 0.3) is 0 Å². The topological polar surface area (TPSA) is 90.0 Å². The Bertz CT molecular complexity index is 647. The second kappa shape index (κ2) is 5.41. The Labute approximate surface area is 112 Å². The van der Waals surface area contributed by atoms with E-state index in [0.717, 1.165) is 5.56 Å². The molecule has 1 heterocycles. The zero-order chi connectivity index (χ0) is 13.9. The Morgan fingerprint density at radius 1 is 1.32 bits per heavy atom. The van der Waals surface area contributed by atoms with E-state index in [-0.39, 0.29) is 11.4 Å². The van der Waals surface area contributed by atoms with Crippen LogP contribution in [0.25, 0.3) is 0 Å². The predicted molar refractivity (Wildman–Crippen MR) is 73.0 cm³/mol. The number of benzene rings is 1. The number of rotatable bonds is 5. The summed E-state index contributed by atoms with van der Waals surface area (Å²) < 4.78 is 28.1. The maximum atomic E-state index is 12.0. The van der Waals surface area contributed by atoms with Crippen LogP contribution >= 0.6 is 0 Å². The molecule has 0 spiro atoms. The van der Waals surface area contributed by atoms with Crippen LogP contribution in [0.3, 0.4) is 0 Å². The molecule has 0 bridgehead atoms. The highest BCUT2D eigenvalue weighted by Gasteiger charge is 2.12. The number of hydrogen-bond acceptors (Lipinski definition) is 4. The van der Waals surface area contributed by atoms with E-state index in [2.05, 4.69) is 9.82 Å². The molecule has 0 radical (unpaired) electrons. The maximum Gasteiger partial charge on any atom is 0.240 e. The number of nitrogens with two attached hydrogens (primary N) is 1. The average molecular weight is 280 g/mol. The summed E-state index contributed by atoms with van der Waals surface area (Å²) in [6, 6.07) is 6.71. The smallest absolute Gasteiger partial charge is 0.240 e. The van der Waals surface area contributed by atoms with Gasteiger partial charge < -0.3 is 5.73 Å². The number of sulfonamides is 1. The maximum absolute atomic E-state index is 12.0. The summed E-state index contributed by atoms with van der Waals surface area (Å²) >= 11 is 0. The third-order valence-corrected chi connectivity index (χ3v) is 4.09. The van der Waals surface area contributed by atoms with E-state index >= 15 is 0 Å². The van der Waals surface area contributed by atoms with Crippen LogP contribution in [-0.4, -0.2) is 24.7 Å². The van der Waals surface area contributed by atoms with Gasteiger partial charge in [0.1, 0.15) is 0 Å². The number of nitrogens with zero attached hydrogens (tertiary/aromatic N) is 2. The molecule has 102 valence electrons. The molecule has 2 aromatic rings. The highest BCUT2D eigenvalue weighted by atomic mass is 32.2. The van der Waals surface area contributed by atoms with Crippen molar-refractivity contribution in [3.63, 3.8) is 0 Å². The first-order valence-corrected chi connectivity index (χ1v) is 7.30. The van der Waals surface area contributed by atoms with E-state index in [1.165, 1.54) is 6.20 Å². The second-order valence-electron chi connectivity index (χ2n) is 4.25. The molecule has 2 rings (SSSR count). The van der Waals surface area contributed by atoms with Gasteiger partial charge >= 0.3 is 0 Å². The van der Waals surface area contributed by atoms with Gasteiger partial charge in [0.2, 0.25) is 10.0 Å². The van der Waals surface area contributed by atoms with Crippen molar-refractivity contribution >= 4 is 15.7 Å². The van der Waals surface area contributed by atoms with Crippen LogP contribution in [0, 0.1) is 6.92 Å². The van der Waals surface area contributed by atoms with Gasteiger partial charge in [-0.1, -0.05) is 17.7 Å². The van der Waals surface area contributed by atoms with E-state index in [1.807, 2.05) is 6.92 Å². The first kappa shape index (κ1) is 13.6. The molecule has 0 unspecified atom stereocenters. The summed E-state index contributed by atoms with van der Waals surface area (Å²) in [4.78, 5) is 0.262. The Balaban J connectivity index is 1.96. The molecule has 0 saturated heterocycles. The summed E-state index contributed by atoms with van der Waals surface area (Å²) in [5.74, 6) is 0. The molecule has 0 aliphatic rings. The van der Waals surface area contributed by atoms with Gasteiger partial charge in [-0.3, -0.25) is 4.68 Å². The normalized spacial score (nSPS) is 11.6. The van der Waals surface area contributed by atoms with Crippen molar-refractivity contribution in [1.82, 2.24) is 14.5 Å². The number of aromatic nitrogens is 2. The van der Waals surface area contributed by atoms with Crippen molar-refractivity contribution in [1.29, 1.82) is 0 Å². The molecule has 0 fully saturated rings. The molecule has 6 nitrogen and oxygen atoms in total. The van der Waals surface area contributed by atoms with Crippen molar-refractivity contribution in [3.8, 4) is 0 Å². The lowest BCUT2D eigenvalue weighted by molar-refractivity contribution is 0.561. The van der Waals surface area contributed by atoms with Gasteiger partial charge in [-0.25, -0.2) is 13.1 Å². The van der Waals surface area contributed by atoms with Crippen LogP contribution < -0.4 is 10.5 Å². The summed E-state index contributed by atoms with van der Waals surface area (Å²) in [6.45, 7) is 2.60. The second-order valence-corrected chi connectivity index (χ2v) is 6.01. The molecule has 19 heavy (non-hydrogen) atoms. The lowest BCUT2D eigenvalue weighted by Crippen LogP contribution is -2.27. The number of anilines is 1. The molecule has 1 aromatic heterocycles. The van der Waals surface area contributed by atoms with E-state index in [9.17, 15) is 8.42 Å². The van der Waals surface area contributed by atoms with Gasteiger partial charge in [-0.05, 0) is 19.1 Å². The number of aryl methyl sites for hydroxylation is 1. The summed E-state index contributed by atoms with van der Waals surface area (Å²) in [6.07, 6.45) is 3.18. The quantitative estimate of drug-likeness (QED) is 0.845. The lowest BCUT2D eigenvalue weighted by Gasteiger charge is -2.07. The minimum atomic E-state index is -3.46. The van der Waals surface area contributed by atoms with Crippen LogP contribution in [0.15, 0.2) is 41.6 Å². The van der Waals surface area contributed by atoms with E-state index in [4.69, 9.17) is 5.73 Å². The molecule has 7 heteroatoms. The Kier molecular flexibility index (Phi) is 3.87. The number of nitrogens with one attached hydrogen (secondary N) is 1. The summed E-state index contributed by atoms with van der Waals surface area (Å²) in [5.41, 5.74) is 7.10. The fourth-order valence-corrected chi connectivity index (χ4v) is 2.62. The SMILES string of the molecule is Cc1ccc(S(=O)(=O)NCCn2cc(N)cn2)cc1. The molecule has 1 aromatic carbocycles. The van der Waals surface area contributed by atoms with Crippen molar-refractivity contribution in [3.05, 3.63) is 42.2 Å². The minimum absolute atomic E-state index is 0.261. The minimum Gasteiger partial charge on any atom is -0.396 e. The third-order valence-electron chi connectivity index (χ3n) is 2.62. The highest BCUT2D eigenvalue weighted by molar-refractivity contribution is 7.89. The summed E-state index contributed by atoms with van der Waals surface area (Å²) in [5, 5.41) is 3.98. The molecule has 0 atom stereocenters. The first-order valence-electron chi connectivity index (χ1n) is 5.82. The molecule has 0 aliphatic heterocycles. The Hall–Kier alpha value is -1.86. The zero-order valence-corrected chi connectivity index (χ0v) is 11.4. The largest absolute Gasteiger partial charge is 0.396 e. The monoisotopic (exact) mass is 280 g/mol. The van der Waals surface area contributed by atoms with E-state index in [1.54, 1.807) is 35.1 Å². The molecular weight excluding hydrogens is 264 g/mol. The fraction of sp³-hybridized carbons (Fsp3) is 0.250.